The molecule has 1 aromatic rings. The Balaban J connectivity index is 2.68. The van der Waals surface area contributed by atoms with Gasteiger partial charge in [-0.15, -0.1) is 0 Å². The van der Waals surface area contributed by atoms with Gasteiger partial charge in [-0.1, -0.05) is 0 Å². The Bertz CT molecular complexity index is 343. The van der Waals surface area contributed by atoms with Crippen molar-refractivity contribution in [1.82, 2.24) is 15.3 Å². The zero-order chi connectivity index (χ0) is 10.6. The summed E-state index contributed by atoms with van der Waals surface area (Å²) in [7, 11) is 1.56. The number of aromatic nitrogens is 2. The lowest BCUT2D eigenvalue weighted by Crippen LogP contribution is -2.26. The number of nitrogens with two attached hydrogens (primary N) is 1. The van der Waals surface area contributed by atoms with Gasteiger partial charge in [0.1, 0.15) is 22.4 Å². The molecule has 0 radical (unpaired) electrons. The first kappa shape index (κ1) is 10.7. The molecule has 0 aliphatic heterocycles. The third-order valence-corrected chi connectivity index (χ3v) is 2.29. The molecule has 0 saturated carbocycles. The molecule has 0 aliphatic rings. The van der Waals surface area contributed by atoms with E-state index in [1.165, 1.54) is 6.33 Å². The van der Waals surface area contributed by atoms with Gasteiger partial charge < -0.3 is 16.4 Å². The van der Waals surface area contributed by atoms with Crippen molar-refractivity contribution in [2.24, 2.45) is 0 Å². The normalized spacial score (nSPS) is 9.57. The van der Waals surface area contributed by atoms with Crippen molar-refractivity contribution in [3.63, 3.8) is 0 Å². The molecule has 0 aliphatic carbocycles. The van der Waals surface area contributed by atoms with Crippen molar-refractivity contribution >= 4 is 33.5 Å². The van der Waals surface area contributed by atoms with Crippen LogP contribution in [0.2, 0.25) is 0 Å². The van der Waals surface area contributed by atoms with E-state index in [2.05, 4.69) is 36.5 Å². The Hall–Kier alpha value is -1.37. The van der Waals surface area contributed by atoms with E-state index in [-0.39, 0.29) is 12.5 Å². The van der Waals surface area contributed by atoms with Crippen molar-refractivity contribution in [2.45, 2.75) is 0 Å². The summed E-state index contributed by atoms with van der Waals surface area (Å²) in [6.07, 6.45) is 1.33. The lowest BCUT2D eigenvalue weighted by atomic mass is 10.5. The van der Waals surface area contributed by atoms with Crippen molar-refractivity contribution in [3.05, 3.63) is 10.8 Å². The van der Waals surface area contributed by atoms with Crippen LogP contribution in [0, 0.1) is 0 Å². The molecule has 76 valence electrons. The third-order valence-electron chi connectivity index (χ3n) is 1.51. The molecular formula is C7H10BrN5O. The summed E-state index contributed by atoms with van der Waals surface area (Å²) in [6.45, 7) is 0.144. The van der Waals surface area contributed by atoms with Crippen LogP contribution in [0.1, 0.15) is 0 Å². The SMILES string of the molecule is CNC(=O)CNc1ncnc(N)c1Br. The molecule has 0 bridgehead atoms. The number of amides is 1. The van der Waals surface area contributed by atoms with Crippen LogP contribution in [-0.4, -0.2) is 29.5 Å². The molecule has 0 atom stereocenters. The van der Waals surface area contributed by atoms with E-state index in [1.54, 1.807) is 7.05 Å². The van der Waals surface area contributed by atoms with Crippen LogP contribution in [0.25, 0.3) is 0 Å². The minimum atomic E-state index is -0.130. The average Bonchev–Trinajstić information content (AvgIpc) is 2.20. The Labute approximate surface area is 89.4 Å². The van der Waals surface area contributed by atoms with Gasteiger partial charge in [-0.2, -0.15) is 0 Å². The number of carbonyl (C=O) groups excluding carboxylic acids is 1. The average molecular weight is 260 g/mol. The van der Waals surface area contributed by atoms with Gasteiger partial charge >= 0.3 is 0 Å². The van der Waals surface area contributed by atoms with E-state index >= 15 is 0 Å². The Kier molecular flexibility index (Phi) is 3.63. The van der Waals surface area contributed by atoms with Crippen LogP contribution in [0.4, 0.5) is 11.6 Å². The highest BCUT2D eigenvalue weighted by Gasteiger charge is 2.06. The number of nitrogens with one attached hydrogen (secondary N) is 2. The summed E-state index contributed by atoms with van der Waals surface area (Å²) < 4.78 is 0.559. The van der Waals surface area contributed by atoms with E-state index in [4.69, 9.17) is 5.73 Å². The maximum Gasteiger partial charge on any atom is 0.239 e. The Morgan fingerprint density at radius 1 is 1.64 bits per heavy atom. The molecule has 0 unspecified atom stereocenters. The number of carbonyl (C=O) groups is 1. The molecule has 0 spiro atoms. The number of anilines is 2. The van der Waals surface area contributed by atoms with Gasteiger partial charge in [0.25, 0.3) is 0 Å². The minimum absolute atomic E-state index is 0.130. The number of nitrogen functional groups attached to an aromatic ring is 1. The second-order valence-corrected chi connectivity index (χ2v) is 3.24. The number of hydrogen-bond donors (Lipinski definition) is 3. The maximum atomic E-state index is 10.9. The van der Waals surface area contributed by atoms with Crippen molar-refractivity contribution in [1.29, 1.82) is 0 Å². The van der Waals surface area contributed by atoms with Gasteiger partial charge in [0.15, 0.2) is 0 Å². The van der Waals surface area contributed by atoms with Crippen LogP contribution in [-0.2, 0) is 4.79 Å². The van der Waals surface area contributed by atoms with Crippen molar-refractivity contribution in [2.75, 3.05) is 24.6 Å². The lowest BCUT2D eigenvalue weighted by Gasteiger charge is -2.06. The molecule has 1 rings (SSSR count). The van der Waals surface area contributed by atoms with E-state index in [1.807, 2.05) is 0 Å². The van der Waals surface area contributed by atoms with E-state index in [0.717, 1.165) is 0 Å². The predicted molar refractivity (Wildman–Crippen MR) is 56.7 cm³/mol. The van der Waals surface area contributed by atoms with Crippen LogP contribution in [0.15, 0.2) is 10.8 Å². The van der Waals surface area contributed by atoms with E-state index in [0.29, 0.717) is 16.1 Å². The smallest absolute Gasteiger partial charge is 0.239 e. The highest BCUT2D eigenvalue weighted by Crippen LogP contribution is 2.23. The summed E-state index contributed by atoms with van der Waals surface area (Å²) in [5, 5.41) is 5.29. The van der Waals surface area contributed by atoms with Gasteiger partial charge in [-0.3, -0.25) is 4.79 Å². The van der Waals surface area contributed by atoms with Crippen LogP contribution >= 0.6 is 15.9 Å². The molecule has 14 heavy (non-hydrogen) atoms. The molecule has 4 N–H and O–H groups in total. The molecule has 0 fully saturated rings. The molecule has 1 heterocycles. The standard InChI is InChI=1S/C7H10BrN5O/c1-10-4(14)2-11-7-5(8)6(9)12-3-13-7/h3H,2H2,1H3,(H,10,14)(H3,9,11,12,13). The van der Waals surface area contributed by atoms with Crippen LogP contribution < -0.4 is 16.4 Å². The lowest BCUT2D eigenvalue weighted by molar-refractivity contribution is -0.118. The van der Waals surface area contributed by atoms with Gasteiger partial charge in [0.2, 0.25) is 5.91 Å². The first-order chi connectivity index (χ1) is 6.65. The number of halogens is 1. The number of likely N-dealkylation sites (N-methyl/N-ethyl adjacent to an activating group) is 1. The van der Waals surface area contributed by atoms with Gasteiger partial charge in [0, 0.05) is 7.05 Å². The summed E-state index contributed by atoms with van der Waals surface area (Å²) in [5.74, 6) is 0.703. The fraction of sp³-hybridized carbons (Fsp3) is 0.286. The quantitative estimate of drug-likeness (QED) is 0.710. The molecule has 7 heteroatoms. The molecule has 1 amide bonds. The maximum absolute atomic E-state index is 10.9. The molecule has 1 aromatic heterocycles. The third kappa shape index (κ3) is 2.56. The zero-order valence-corrected chi connectivity index (χ0v) is 9.13. The fourth-order valence-electron chi connectivity index (χ4n) is 0.759. The first-order valence-electron chi connectivity index (χ1n) is 3.85. The summed E-state index contributed by atoms with van der Waals surface area (Å²) >= 11 is 3.21. The number of rotatable bonds is 3. The highest BCUT2D eigenvalue weighted by atomic mass is 79.9. The topological polar surface area (TPSA) is 92.9 Å². The van der Waals surface area contributed by atoms with Crippen molar-refractivity contribution in [3.8, 4) is 0 Å². The molecule has 0 aromatic carbocycles. The van der Waals surface area contributed by atoms with Gasteiger partial charge in [0.05, 0.1) is 6.54 Å². The van der Waals surface area contributed by atoms with E-state index < -0.39 is 0 Å². The van der Waals surface area contributed by atoms with Gasteiger partial charge in [-0.05, 0) is 15.9 Å². The molecular weight excluding hydrogens is 250 g/mol. The fourth-order valence-corrected chi connectivity index (χ4v) is 1.10. The number of hydrogen-bond acceptors (Lipinski definition) is 5. The second-order valence-electron chi connectivity index (χ2n) is 2.45. The summed E-state index contributed by atoms with van der Waals surface area (Å²) in [5.41, 5.74) is 5.52. The summed E-state index contributed by atoms with van der Waals surface area (Å²) in [6, 6.07) is 0. The van der Waals surface area contributed by atoms with Crippen LogP contribution in [0.3, 0.4) is 0 Å². The zero-order valence-electron chi connectivity index (χ0n) is 7.54. The van der Waals surface area contributed by atoms with Gasteiger partial charge in [-0.25, -0.2) is 9.97 Å². The monoisotopic (exact) mass is 259 g/mol. The molecule has 6 nitrogen and oxygen atoms in total. The predicted octanol–water partition coefficient (Wildman–Crippen LogP) is -0.0208. The second kappa shape index (κ2) is 4.75. The molecule has 0 saturated heterocycles. The number of nitrogens with zero attached hydrogens (tertiary/aromatic N) is 2. The van der Waals surface area contributed by atoms with E-state index in [9.17, 15) is 4.79 Å². The van der Waals surface area contributed by atoms with Crippen molar-refractivity contribution < 1.29 is 4.79 Å². The minimum Gasteiger partial charge on any atom is -0.383 e. The summed E-state index contributed by atoms with van der Waals surface area (Å²) in [4.78, 5) is 18.6. The first-order valence-corrected chi connectivity index (χ1v) is 4.65. The largest absolute Gasteiger partial charge is 0.383 e. The highest BCUT2D eigenvalue weighted by molar-refractivity contribution is 9.10. The Morgan fingerprint density at radius 2 is 2.36 bits per heavy atom. The Morgan fingerprint density at radius 3 is 3.00 bits per heavy atom. The van der Waals surface area contributed by atoms with Crippen LogP contribution in [0.5, 0.6) is 0 Å².